The number of rotatable bonds is 10. The number of carbonyl (C=O) groups is 3. The zero-order chi connectivity index (χ0) is 36.2. The van der Waals surface area contributed by atoms with Gasteiger partial charge in [-0.3, -0.25) is 14.4 Å². The molecule has 9 heteroatoms. The first kappa shape index (κ1) is 37.2. The maximum absolute atomic E-state index is 13.2. The summed E-state index contributed by atoms with van der Waals surface area (Å²) in [4.78, 5) is 48.7. The minimum Gasteiger partial charge on any atom is -0.480 e. The Morgan fingerprint density at radius 2 is 1.56 bits per heavy atom. The number of carboxylic acids is 1. The molecular weight excluding hydrogens is 645 g/mol. The summed E-state index contributed by atoms with van der Waals surface area (Å²) in [5.74, 6) is 0.708. The molecule has 0 saturated heterocycles. The summed E-state index contributed by atoms with van der Waals surface area (Å²) < 4.78 is 0. The number of carbonyl (C=O) groups excluding carboxylic acids is 2. The smallest absolute Gasteiger partial charge is 0.325 e. The number of thiophene rings is 1. The van der Waals surface area contributed by atoms with Crippen molar-refractivity contribution in [2.75, 3.05) is 0 Å². The SMILES string of the molecule is C[C@@H](NC(=O)[C@H](Cc1ccc(-c2ncc(C3=CCC(C4CCC(C(C)(C)C)CC4)C=C3)cn2)cc1)NC(=O)c1ccc(C(C)(C)C)s1)C(=O)O. The average Bonchev–Trinajstić information content (AvgIpc) is 3.60. The number of carboxylic acid groups (broad SMARTS) is 1. The van der Waals surface area contributed by atoms with Crippen LogP contribution < -0.4 is 10.6 Å². The molecule has 2 amide bonds. The van der Waals surface area contributed by atoms with Gasteiger partial charge in [0, 0.05) is 34.8 Å². The highest BCUT2D eigenvalue weighted by Crippen LogP contribution is 2.44. The van der Waals surface area contributed by atoms with Gasteiger partial charge in [-0.05, 0) is 90.9 Å². The lowest BCUT2D eigenvalue weighted by Crippen LogP contribution is -2.51. The number of nitrogens with one attached hydrogen (secondary N) is 2. The van der Waals surface area contributed by atoms with Crippen molar-refractivity contribution in [3.63, 3.8) is 0 Å². The molecule has 0 aliphatic heterocycles. The van der Waals surface area contributed by atoms with Gasteiger partial charge in [0.2, 0.25) is 5.91 Å². The maximum Gasteiger partial charge on any atom is 0.325 e. The number of hydrogen-bond acceptors (Lipinski definition) is 6. The van der Waals surface area contributed by atoms with E-state index < -0.39 is 24.0 Å². The van der Waals surface area contributed by atoms with Gasteiger partial charge in [0.15, 0.2) is 5.82 Å². The molecule has 1 fully saturated rings. The summed E-state index contributed by atoms with van der Waals surface area (Å²) in [6, 6.07) is 9.16. The van der Waals surface area contributed by atoms with E-state index in [1.54, 1.807) is 6.07 Å². The lowest BCUT2D eigenvalue weighted by molar-refractivity contribution is -0.141. The summed E-state index contributed by atoms with van der Waals surface area (Å²) in [7, 11) is 0. The first-order valence-corrected chi connectivity index (χ1v) is 18.6. The highest BCUT2D eigenvalue weighted by atomic mass is 32.1. The molecule has 5 rings (SSSR count). The Hall–Kier alpha value is -4.11. The van der Waals surface area contributed by atoms with Crippen LogP contribution in [-0.2, 0) is 21.4 Å². The predicted molar refractivity (Wildman–Crippen MR) is 201 cm³/mol. The molecule has 0 bridgehead atoms. The van der Waals surface area contributed by atoms with Crippen molar-refractivity contribution in [1.82, 2.24) is 20.6 Å². The third-order valence-electron chi connectivity index (χ3n) is 10.3. The van der Waals surface area contributed by atoms with Gasteiger partial charge in [0.05, 0.1) is 4.88 Å². The van der Waals surface area contributed by atoms with E-state index in [9.17, 15) is 19.5 Å². The Balaban J connectivity index is 1.21. The van der Waals surface area contributed by atoms with Crippen molar-refractivity contribution in [1.29, 1.82) is 0 Å². The molecule has 0 radical (unpaired) electrons. The van der Waals surface area contributed by atoms with Crippen LogP contribution in [0.15, 0.2) is 67.0 Å². The van der Waals surface area contributed by atoms with Gasteiger partial charge in [0.25, 0.3) is 5.91 Å². The Morgan fingerprint density at radius 3 is 2.10 bits per heavy atom. The molecule has 2 aliphatic carbocycles. The number of benzene rings is 1. The molecule has 3 atom stereocenters. The number of aromatic nitrogens is 2. The minimum atomic E-state index is -1.15. The Bertz CT molecular complexity index is 1720. The van der Waals surface area contributed by atoms with Gasteiger partial charge in [0.1, 0.15) is 12.1 Å². The van der Waals surface area contributed by atoms with E-state index in [1.807, 2.05) is 42.7 Å². The normalized spacial score (nSPS) is 20.8. The van der Waals surface area contributed by atoms with Gasteiger partial charge in [-0.2, -0.15) is 0 Å². The van der Waals surface area contributed by atoms with Gasteiger partial charge in [-0.1, -0.05) is 84.0 Å². The van der Waals surface area contributed by atoms with Crippen LogP contribution in [0.4, 0.5) is 0 Å². The maximum atomic E-state index is 13.2. The van der Waals surface area contributed by atoms with Crippen molar-refractivity contribution in [3.8, 4) is 11.4 Å². The topological polar surface area (TPSA) is 121 Å². The fourth-order valence-electron chi connectivity index (χ4n) is 6.94. The molecule has 1 aromatic carbocycles. The molecule has 266 valence electrons. The molecule has 2 heterocycles. The molecule has 50 heavy (non-hydrogen) atoms. The van der Waals surface area contributed by atoms with Crippen LogP contribution in [0.3, 0.4) is 0 Å². The van der Waals surface area contributed by atoms with E-state index in [1.165, 1.54) is 43.9 Å². The molecule has 8 nitrogen and oxygen atoms in total. The van der Waals surface area contributed by atoms with Crippen LogP contribution >= 0.6 is 11.3 Å². The molecule has 3 N–H and O–H groups in total. The van der Waals surface area contributed by atoms with Gasteiger partial charge in [-0.15, -0.1) is 11.3 Å². The molecule has 2 aliphatic rings. The number of hydrogen-bond donors (Lipinski definition) is 3. The van der Waals surface area contributed by atoms with Crippen molar-refractivity contribution in [2.45, 2.75) is 104 Å². The van der Waals surface area contributed by atoms with E-state index in [-0.39, 0.29) is 17.7 Å². The fourth-order valence-corrected chi connectivity index (χ4v) is 7.91. The van der Waals surface area contributed by atoms with Crippen LogP contribution in [0.5, 0.6) is 0 Å². The standard InChI is InChI=1S/C41H52N4O4S/c1-25(39(48)49)44-37(46)33(45-38(47)34-20-21-35(50-34)41(5,6)7)22-26-8-10-30(11-9-26)36-42-23-31(24-43-36)29-14-12-27(13-15-29)28-16-18-32(19-17-28)40(2,3)4/h8-12,14-15,20-21,23-25,27-28,32-33H,13,16-19,22H2,1-7H3,(H,44,46)(H,45,47)(H,48,49)/t25-,27?,28?,32?,33+/m1/s1. The Labute approximate surface area is 300 Å². The van der Waals surface area contributed by atoms with Crippen LogP contribution in [-0.4, -0.2) is 44.9 Å². The van der Waals surface area contributed by atoms with Gasteiger partial charge < -0.3 is 15.7 Å². The second-order valence-electron chi connectivity index (χ2n) is 16.1. The zero-order valence-electron chi connectivity index (χ0n) is 30.5. The van der Waals surface area contributed by atoms with Crippen molar-refractivity contribution in [3.05, 3.63) is 87.9 Å². The number of nitrogens with zero attached hydrogens (tertiary/aromatic N) is 2. The van der Waals surface area contributed by atoms with E-state index in [0.717, 1.165) is 45.4 Å². The first-order chi connectivity index (χ1) is 23.6. The summed E-state index contributed by atoms with van der Waals surface area (Å²) >= 11 is 1.38. The molecule has 1 unspecified atom stereocenters. The van der Waals surface area contributed by atoms with Crippen LogP contribution in [0, 0.1) is 23.2 Å². The monoisotopic (exact) mass is 696 g/mol. The summed E-state index contributed by atoms with van der Waals surface area (Å²) in [5, 5.41) is 14.7. The van der Waals surface area contributed by atoms with Crippen LogP contribution in [0.1, 0.15) is 106 Å². The quantitative estimate of drug-likeness (QED) is 0.196. The van der Waals surface area contributed by atoms with E-state index >= 15 is 0 Å². The van der Waals surface area contributed by atoms with Crippen LogP contribution in [0.2, 0.25) is 0 Å². The highest BCUT2D eigenvalue weighted by molar-refractivity contribution is 7.14. The van der Waals surface area contributed by atoms with Crippen molar-refractivity contribution >= 4 is 34.7 Å². The van der Waals surface area contributed by atoms with E-state index in [2.05, 4.69) is 80.4 Å². The second kappa shape index (κ2) is 15.4. The molecule has 2 aromatic heterocycles. The predicted octanol–water partition coefficient (Wildman–Crippen LogP) is 8.25. The largest absolute Gasteiger partial charge is 0.480 e. The minimum absolute atomic E-state index is 0.110. The number of amides is 2. The number of aliphatic carboxylic acids is 1. The third-order valence-corrected chi connectivity index (χ3v) is 11.8. The molecule has 1 saturated carbocycles. The molecule has 0 spiro atoms. The van der Waals surface area contributed by atoms with Gasteiger partial charge >= 0.3 is 5.97 Å². The lowest BCUT2D eigenvalue weighted by Gasteiger charge is -2.39. The Morgan fingerprint density at radius 1 is 0.900 bits per heavy atom. The fraction of sp³-hybridized carbons (Fsp3) is 0.488. The van der Waals surface area contributed by atoms with E-state index in [4.69, 9.17) is 0 Å². The second-order valence-corrected chi connectivity index (χ2v) is 17.2. The summed E-state index contributed by atoms with van der Waals surface area (Å²) in [6.45, 7) is 14.7. The van der Waals surface area contributed by atoms with Gasteiger partial charge in [-0.25, -0.2) is 9.97 Å². The average molecular weight is 697 g/mol. The third kappa shape index (κ3) is 9.36. The summed E-state index contributed by atoms with van der Waals surface area (Å²) in [5.41, 5.74) is 4.08. The van der Waals surface area contributed by atoms with Crippen LogP contribution in [0.25, 0.3) is 17.0 Å². The number of allylic oxidation sites excluding steroid dienone is 4. The lowest BCUT2D eigenvalue weighted by atomic mass is 9.66. The van der Waals surface area contributed by atoms with Crippen molar-refractivity contribution < 1.29 is 19.5 Å². The summed E-state index contributed by atoms with van der Waals surface area (Å²) in [6.07, 6.45) is 17.2. The highest BCUT2D eigenvalue weighted by Gasteiger charge is 2.32. The first-order valence-electron chi connectivity index (χ1n) is 17.8. The van der Waals surface area contributed by atoms with Crippen molar-refractivity contribution in [2.24, 2.45) is 23.2 Å². The molecule has 3 aromatic rings. The zero-order valence-corrected chi connectivity index (χ0v) is 31.3. The van der Waals surface area contributed by atoms with E-state index in [0.29, 0.717) is 22.0 Å². The Kier molecular flexibility index (Phi) is 11.5. The molecular formula is C41H52N4O4S.